The van der Waals surface area contributed by atoms with Gasteiger partial charge in [0.1, 0.15) is 5.82 Å². The highest BCUT2D eigenvalue weighted by molar-refractivity contribution is 6.31. The summed E-state index contributed by atoms with van der Waals surface area (Å²) in [5, 5.41) is 2.44. The molecule has 3 rings (SSSR count). The van der Waals surface area contributed by atoms with Gasteiger partial charge in [-0.15, -0.1) is 0 Å². The highest BCUT2D eigenvalue weighted by Gasteiger charge is 2.33. The minimum atomic E-state index is -4.63. The van der Waals surface area contributed by atoms with E-state index in [4.69, 9.17) is 11.6 Å². The first-order valence-electron chi connectivity index (χ1n) is 8.92. The molecule has 0 radical (unpaired) electrons. The molecular formula is C20H18ClF3N4O2. The van der Waals surface area contributed by atoms with E-state index in [0.29, 0.717) is 16.7 Å². The zero-order valence-electron chi connectivity index (χ0n) is 16.0. The average molecular weight is 439 g/mol. The third kappa shape index (κ3) is 4.80. The summed E-state index contributed by atoms with van der Waals surface area (Å²) in [5.74, 6) is -0.150. The van der Waals surface area contributed by atoms with Crippen LogP contribution in [-0.4, -0.2) is 34.4 Å². The minimum Gasteiger partial charge on any atom is -0.325 e. The van der Waals surface area contributed by atoms with Gasteiger partial charge in [-0.1, -0.05) is 23.7 Å². The third-order valence-corrected chi connectivity index (χ3v) is 4.97. The van der Waals surface area contributed by atoms with E-state index in [-0.39, 0.29) is 17.8 Å². The number of alkyl halides is 3. The van der Waals surface area contributed by atoms with Crippen molar-refractivity contribution in [2.45, 2.75) is 19.1 Å². The van der Waals surface area contributed by atoms with Gasteiger partial charge in [0.15, 0.2) is 0 Å². The van der Waals surface area contributed by atoms with E-state index in [9.17, 15) is 22.8 Å². The Balaban J connectivity index is 1.72. The van der Waals surface area contributed by atoms with E-state index in [1.165, 1.54) is 6.07 Å². The fraction of sp³-hybridized carbons (Fsp3) is 0.250. The lowest BCUT2D eigenvalue weighted by atomic mass is 10.2. The highest BCUT2D eigenvalue weighted by Crippen LogP contribution is 2.36. The molecule has 0 spiro atoms. The van der Waals surface area contributed by atoms with Gasteiger partial charge in [0.25, 0.3) is 5.56 Å². The van der Waals surface area contributed by atoms with Crippen molar-refractivity contribution in [2.24, 2.45) is 0 Å². The summed E-state index contributed by atoms with van der Waals surface area (Å²) in [6.07, 6.45) is -4.63. The number of likely N-dealkylation sites (N-methyl/N-ethyl adjacent to an activating group) is 1. The van der Waals surface area contributed by atoms with E-state index in [2.05, 4.69) is 15.3 Å². The molecule has 0 fully saturated rings. The van der Waals surface area contributed by atoms with Crippen LogP contribution in [0.1, 0.15) is 24.4 Å². The summed E-state index contributed by atoms with van der Waals surface area (Å²) in [6, 6.07) is 9.61. The number of H-pyrrole nitrogens is 1. The second-order valence-corrected chi connectivity index (χ2v) is 7.21. The van der Waals surface area contributed by atoms with Gasteiger partial charge in [0.2, 0.25) is 5.91 Å². The summed E-state index contributed by atoms with van der Waals surface area (Å²) >= 11 is 5.59. The van der Waals surface area contributed by atoms with Gasteiger partial charge < -0.3 is 10.3 Å². The normalized spacial score (nSPS) is 12.9. The van der Waals surface area contributed by atoms with Crippen molar-refractivity contribution < 1.29 is 18.0 Å². The fourth-order valence-corrected chi connectivity index (χ4v) is 3.12. The lowest BCUT2D eigenvalue weighted by Gasteiger charge is -2.23. The number of rotatable bonds is 5. The molecule has 3 aromatic rings. The van der Waals surface area contributed by atoms with Crippen molar-refractivity contribution in [3.8, 4) is 0 Å². The van der Waals surface area contributed by atoms with Gasteiger partial charge in [-0.2, -0.15) is 13.2 Å². The summed E-state index contributed by atoms with van der Waals surface area (Å²) < 4.78 is 38.9. The maximum atomic E-state index is 13.0. The smallest absolute Gasteiger partial charge is 0.325 e. The Bertz CT molecular complexity index is 1150. The number of anilines is 1. The van der Waals surface area contributed by atoms with Crippen molar-refractivity contribution in [1.82, 2.24) is 14.9 Å². The van der Waals surface area contributed by atoms with Gasteiger partial charge in [0, 0.05) is 5.69 Å². The van der Waals surface area contributed by atoms with Crippen molar-refractivity contribution >= 4 is 34.1 Å². The molecule has 30 heavy (non-hydrogen) atoms. The van der Waals surface area contributed by atoms with Crippen LogP contribution in [0.5, 0.6) is 0 Å². The first-order chi connectivity index (χ1) is 14.1. The molecule has 158 valence electrons. The van der Waals surface area contributed by atoms with Gasteiger partial charge in [-0.25, -0.2) is 4.98 Å². The molecule has 0 aliphatic heterocycles. The summed E-state index contributed by atoms with van der Waals surface area (Å²) in [6.45, 7) is 1.62. The van der Waals surface area contributed by atoms with E-state index >= 15 is 0 Å². The molecular weight excluding hydrogens is 421 g/mol. The number of nitrogens with zero attached hydrogens (tertiary/aromatic N) is 2. The van der Waals surface area contributed by atoms with Gasteiger partial charge >= 0.3 is 6.18 Å². The molecule has 0 aliphatic carbocycles. The third-order valence-electron chi connectivity index (χ3n) is 4.64. The molecule has 0 saturated carbocycles. The number of benzene rings is 2. The van der Waals surface area contributed by atoms with Crippen LogP contribution in [0.4, 0.5) is 18.9 Å². The molecule has 6 nitrogen and oxygen atoms in total. The minimum absolute atomic E-state index is 0.0185. The largest absolute Gasteiger partial charge is 0.417 e. The molecule has 1 aromatic heterocycles. The standard InChI is InChI=1S/C20H18ClF3N4O2/c1-11(18-26-16-6-4-3-5-13(16)19(30)27-18)28(2)10-17(29)25-12-7-8-15(21)14(9-12)20(22,23)24/h3-9,11H,10H2,1-2H3,(H,25,29)(H,26,27,30). The summed E-state index contributed by atoms with van der Waals surface area (Å²) in [7, 11) is 1.64. The van der Waals surface area contributed by atoms with Crippen molar-refractivity contribution in [3.63, 3.8) is 0 Å². The van der Waals surface area contributed by atoms with Crippen molar-refractivity contribution in [2.75, 3.05) is 18.9 Å². The van der Waals surface area contributed by atoms with Crippen molar-refractivity contribution in [3.05, 3.63) is 69.2 Å². The number of aromatic nitrogens is 2. The Morgan fingerprint density at radius 1 is 1.27 bits per heavy atom. The zero-order valence-corrected chi connectivity index (χ0v) is 16.8. The number of aromatic amines is 1. The summed E-state index contributed by atoms with van der Waals surface area (Å²) in [4.78, 5) is 33.3. The summed E-state index contributed by atoms with van der Waals surface area (Å²) in [5.41, 5.74) is -0.806. The van der Waals surface area contributed by atoms with Crippen LogP contribution >= 0.6 is 11.6 Å². The van der Waals surface area contributed by atoms with Crippen LogP contribution in [0.15, 0.2) is 47.3 Å². The lowest BCUT2D eigenvalue weighted by molar-refractivity contribution is -0.137. The predicted molar refractivity (Wildman–Crippen MR) is 108 cm³/mol. The Kier molecular flexibility index (Phi) is 6.14. The van der Waals surface area contributed by atoms with Gasteiger partial charge in [-0.05, 0) is 44.3 Å². The van der Waals surface area contributed by atoms with Crippen LogP contribution in [-0.2, 0) is 11.0 Å². The fourth-order valence-electron chi connectivity index (χ4n) is 2.90. The Morgan fingerprint density at radius 3 is 2.67 bits per heavy atom. The second-order valence-electron chi connectivity index (χ2n) is 6.80. The number of amides is 1. The molecule has 0 saturated heterocycles. The number of carbonyl (C=O) groups is 1. The quantitative estimate of drug-likeness (QED) is 0.625. The maximum Gasteiger partial charge on any atom is 0.417 e. The average Bonchev–Trinajstić information content (AvgIpc) is 2.67. The SMILES string of the molecule is CC(c1nc2ccccc2c(=O)[nH]1)N(C)CC(=O)Nc1ccc(Cl)c(C(F)(F)F)c1. The number of para-hydroxylation sites is 1. The zero-order chi connectivity index (χ0) is 22.1. The maximum absolute atomic E-state index is 13.0. The van der Waals surface area contributed by atoms with Crippen LogP contribution < -0.4 is 10.9 Å². The molecule has 1 heterocycles. The van der Waals surface area contributed by atoms with E-state index in [1.807, 2.05) is 0 Å². The van der Waals surface area contributed by atoms with Crippen LogP contribution in [0.3, 0.4) is 0 Å². The lowest BCUT2D eigenvalue weighted by Crippen LogP contribution is -2.33. The predicted octanol–water partition coefficient (Wildman–Crippen LogP) is 4.23. The Labute approximate surface area is 174 Å². The molecule has 0 aliphatic rings. The number of hydrogen-bond acceptors (Lipinski definition) is 4. The Morgan fingerprint density at radius 2 is 1.97 bits per heavy atom. The molecule has 10 heteroatoms. The van der Waals surface area contributed by atoms with Crippen LogP contribution in [0.25, 0.3) is 10.9 Å². The number of hydrogen-bond donors (Lipinski definition) is 2. The molecule has 2 N–H and O–H groups in total. The highest BCUT2D eigenvalue weighted by atomic mass is 35.5. The molecule has 0 bridgehead atoms. The molecule has 1 atom stereocenters. The van der Waals surface area contributed by atoms with Crippen LogP contribution in [0.2, 0.25) is 5.02 Å². The molecule has 1 amide bonds. The van der Waals surface area contributed by atoms with E-state index in [0.717, 1.165) is 12.1 Å². The van der Waals surface area contributed by atoms with Gasteiger partial charge in [0.05, 0.1) is 34.1 Å². The number of carbonyl (C=O) groups excluding carboxylic acids is 1. The molecule has 1 unspecified atom stereocenters. The van der Waals surface area contributed by atoms with Crippen molar-refractivity contribution in [1.29, 1.82) is 0 Å². The van der Waals surface area contributed by atoms with Crippen LogP contribution in [0, 0.1) is 0 Å². The first-order valence-corrected chi connectivity index (χ1v) is 9.30. The number of halogens is 4. The van der Waals surface area contributed by atoms with E-state index in [1.54, 1.807) is 43.1 Å². The topological polar surface area (TPSA) is 78.1 Å². The first kappa shape index (κ1) is 21.8. The Hall–Kier alpha value is -2.91. The van der Waals surface area contributed by atoms with Gasteiger partial charge in [-0.3, -0.25) is 14.5 Å². The number of nitrogens with one attached hydrogen (secondary N) is 2. The monoisotopic (exact) mass is 438 g/mol. The molecule has 2 aromatic carbocycles. The van der Waals surface area contributed by atoms with E-state index < -0.39 is 28.7 Å². The number of fused-ring (bicyclic) bond motifs is 1. The second kappa shape index (κ2) is 8.45.